The number of nitrogens with one attached hydrogen (secondary N) is 1. The number of benzene rings is 1. The van der Waals surface area contributed by atoms with Crippen molar-refractivity contribution in [2.45, 2.75) is 6.42 Å². The Bertz CT molecular complexity index is 306. The van der Waals surface area contributed by atoms with Crippen molar-refractivity contribution in [2.75, 3.05) is 6.54 Å². The molecule has 0 aromatic heterocycles. The smallest absolute Gasteiger partial charge is 0.163 e. The van der Waals surface area contributed by atoms with Crippen LogP contribution in [0.25, 0.3) is 0 Å². The van der Waals surface area contributed by atoms with Crippen molar-refractivity contribution in [3.8, 4) is 0 Å². The topological polar surface area (TPSA) is 38.0 Å². The summed E-state index contributed by atoms with van der Waals surface area (Å²) in [6, 6.07) is 10.3. The van der Waals surface area contributed by atoms with E-state index >= 15 is 0 Å². The highest BCUT2D eigenvalue weighted by Crippen LogP contribution is 1.99. The Balaban J connectivity index is 2.24. The Morgan fingerprint density at radius 1 is 1.29 bits per heavy atom. The largest absolute Gasteiger partial charge is 0.376 e. The summed E-state index contributed by atoms with van der Waals surface area (Å²) in [7, 11) is 0. The number of nitrogens with two attached hydrogens (primary N) is 1. The minimum Gasteiger partial charge on any atom is -0.376 e. The zero-order chi connectivity index (χ0) is 10.2. The first-order valence-electron chi connectivity index (χ1n) is 4.51. The van der Waals surface area contributed by atoms with E-state index in [0.717, 1.165) is 6.42 Å². The number of allylic oxidation sites excluding steroid dienone is 1. The normalized spacial score (nSPS) is 10.3. The molecule has 0 atom stereocenters. The molecule has 0 aliphatic rings. The number of hydrogen-bond acceptors (Lipinski definition) is 1. The Morgan fingerprint density at radius 2 is 2.00 bits per heavy atom. The lowest BCUT2D eigenvalue weighted by Crippen LogP contribution is -2.28. The van der Waals surface area contributed by atoms with Gasteiger partial charge in [0, 0.05) is 6.54 Å². The first-order valence-corrected chi connectivity index (χ1v) is 4.92. The molecule has 0 saturated heterocycles. The molecule has 0 fully saturated rings. The number of hydrogen-bond donors (Lipinski definition) is 2. The molecule has 1 rings (SSSR count). The third kappa shape index (κ3) is 4.62. The highest BCUT2D eigenvalue weighted by molar-refractivity contribution is 7.80. The summed E-state index contributed by atoms with van der Waals surface area (Å²) in [5, 5.41) is 3.20. The molecule has 0 radical (unpaired) electrons. The molecule has 0 bridgehead atoms. The van der Waals surface area contributed by atoms with Gasteiger partial charge in [-0.15, -0.1) is 0 Å². The van der Waals surface area contributed by atoms with Gasteiger partial charge in [-0.1, -0.05) is 42.5 Å². The van der Waals surface area contributed by atoms with Gasteiger partial charge in [0.25, 0.3) is 0 Å². The first-order chi connectivity index (χ1) is 6.79. The van der Waals surface area contributed by atoms with Gasteiger partial charge >= 0.3 is 0 Å². The predicted molar refractivity (Wildman–Crippen MR) is 64.1 cm³/mol. The van der Waals surface area contributed by atoms with Crippen LogP contribution >= 0.6 is 12.2 Å². The van der Waals surface area contributed by atoms with Crippen molar-refractivity contribution in [1.82, 2.24) is 5.32 Å². The Morgan fingerprint density at radius 3 is 2.64 bits per heavy atom. The average Bonchev–Trinajstić information content (AvgIpc) is 2.18. The maximum absolute atomic E-state index is 5.27. The molecular formula is C11H14N2S. The van der Waals surface area contributed by atoms with Crippen LogP contribution in [-0.2, 0) is 6.42 Å². The van der Waals surface area contributed by atoms with Crippen LogP contribution in [0.5, 0.6) is 0 Å². The van der Waals surface area contributed by atoms with E-state index in [1.807, 2.05) is 24.3 Å². The molecule has 2 nitrogen and oxygen atoms in total. The Kier molecular flexibility index (Phi) is 4.72. The molecule has 0 aliphatic carbocycles. The third-order valence-corrected chi connectivity index (χ3v) is 1.90. The summed E-state index contributed by atoms with van der Waals surface area (Å²) >= 11 is 4.67. The summed E-state index contributed by atoms with van der Waals surface area (Å²) in [5.74, 6) is 0. The molecule has 1 aromatic rings. The van der Waals surface area contributed by atoms with Crippen molar-refractivity contribution in [1.29, 1.82) is 0 Å². The van der Waals surface area contributed by atoms with E-state index < -0.39 is 0 Å². The lowest BCUT2D eigenvalue weighted by atomic mass is 10.1. The van der Waals surface area contributed by atoms with Crippen molar-refractivity contribution >= 4 is 17.3 Å². The second-order valence-electron chi connectivity index (χ2n) is 2.91. The number of rotatable bonds is 4. The van der Waals surface area contributed by atoms with Gasteiger partial charge in [-0.3, -0.25) is 0 Å². The third-order valence-electron chi connectivity index (χ3n) is 1.76. The van der Waals surface area contributed by atoms with E-state index in [1.165, 1.54) is 5.56 Å². The SMILES string of the molecule is NC(=S)NCC=CCc1ccccc1. The van der Waals surface area contributed by atoms with Crippen LogP contribution in [0.1, 0.15) is 5.56 Å². The quantitative estimate of drug-likeness (QED) is 0.581. The van der Waals surface area contributed by atoms with Crippen molar-refractivity contribution in [2.24, 2.45) is 5.73 Å². The van der Waals surface area contributed by atoms with Crippen molar-refractivity contribution in [3.05, 3.63) is 48.0 Å². The second-order valence-corrected chi connectivity index (χ2v) is 3.35. The molecule has 0 heterocycles. The molecule has 0 unspecified atom stereocenters. The van der Waals surface area contributed by atoms with Crippen LogP contribution in [0.3, 0.4) is 0 Å². The van der Waals surface area contributed by atoms with Crippen LogP contribution in [-0.4, -0.2) is 11.7 Å². The van der Waals surface area contributed by atoms with Crippen molar-refractivity contribution in [3.63, 3.8) is 0 Å². The van der Waals surface area contributed by atoms with E-state index in [2.05, 4.69) is 35.7 Å². The lowest BCUT2D eigenvalue weighted by molar-refractivity contribution is 1.04. The Labute approximate surface area is 89.8 Å². The number of thiocarbonyl (C=S) groups is 1. The zero-order valence-corrected chi connectivity index (χ0v) is 8.76. The molecule has 0 amide bonds. The lowest BCUT2D eigenvalue weighted by Gasteiger charge is -1.97. The molecule has 0 spiro atoms. The fourth-order valence-electron chi connectivity index (χ4n) is 1.08. The molecule has 0 saturated carbocycles. The van der Waals surface area contributed by atoms with Gasteiger partial charge in [0.2, 0.25) is 0 Å². The van der Waals surface area contributed by atoms with Gasteiger partial charge in [-0.25, -0.2) is 0 Å². The summed E-state index contributed by atoms with van der Waals surface area (Å²) in [5.41, 5.74) is 6.58. The Hall–Kier alpha value is -1.35. The summed E-state index contributed by atoms with van der Waals surface area (Å²) < 4.78 is 0. The van der Waals surface area contributed by atoms with Crippen LogP contribution in [0, 0.1) is 0 Å². The maximum atomic E-state index is 5.27. The molecule has 3 N–H and O–H groups in total. The minimum absolute atomic E-state index is 0.342. The van der Waals surface area contributed by atoms with E-state index in [-0.39, 0.29) is 0 Å². The van der Waals surface area contributed by atoms with E-state index in [4.69, 9.17) is 5.73 Å². The molecule has 0 aliphatic heterocycles. The molecule has 14 heavy (non-hydrogen) atoms. The van der Waals surface area contributed by atoms with Gasteiger partial charge in [-0.2, -0.15) is 0 Å². The van der Waals surface area contributed by atoms with Crippen molar-refractivity contribution < 1.29 is 0 Å². The predicted octanol–water partition coefficient (Wildman–Crippen LogP) is 1.62. The van der Waals surface area contributed by atoms with Gasteiger partial charge in [0.15, 0.2) is 5.11 Å². The maximum Gasteiger partial charge on any atom is 0.163 e. The van der Waals surface area contributed by atoms with Crippen LogP contribution in [0.2, 0.25) is 0 Å². The van der Waals surface area contributed by atoms with Crippen LogP contribution in [0.15, 0.2) is 42.5 Å². The minimum atomic E-state index is 0.342. The highest BCUT2D eigenvalue weighted by atomic mass is 32.1. The average molecular weight is 206 g/mol. The fourth-order valence-corrected chi connectivity index (χ4v) is 1.16. The van der Waals surface area contributed by atoms with Gasteiger partial charge in [0.05, 0.1) is 0 Å². The fraction of sp³-hybridized carbons (Fsp3) is 0.182. The summed E-state index contributed by atoms with van der Waals surface area (Å²) in [4.78, 5) is 0. The zero-order valence-electron chi connectivity index (χ0n) is 7.94. The monoisotopic (exact) mass is 206 g/mol. The highest BCUT2D eigenvalue weighted by Gasteiger charge is 1.85. The summed E-state index contributed by atoms with van der Waals surface area (Å²) in [6.45, 7) is 0.697. The summed E-state index contributed by atoms with van der Waals surface area (Å²) in [6.07, 6.45) is 5.06. The molecular weight excluding hydrogens is 192 g/mol. The van der Waals surface area contributed by atoms with Crippen LogP contribution in [0.4, 0.5) is 0 Å². The van der Waals surface area contributed by atoms with E-state index in [1.54, 1.807) is 0 Å². The van der Waals surface area contributed by atoms with Gasteiger partial charge in [-0.05, 0) is 24.2 Å². The van der Waals surface area contributed by atoms with E-state index in [0.29, 0.717) is 11.7 Å². The second kappa shape index (κ2) is 6.16. The van der Waals surface area contributed by atoms with Crippen LogP contribution < -0.4 is 11.1 Å². The van der Waals surface area contributed by atoms with E-state index in [9.17, 15) is 0 Å². The van der Waals surface area contributed by atoms with Gasteiger partial charge < -0.3 is 11.1 Å². The molecule has 1 aromatic carbocycles. The first kappa shape index (κ1) is 10.7. The molecule has 3 heteroatoms. The molecule has 74 valence electrons. The standard InChI is InChI=1S/C11H14N2S/c12-11(14)13-9-5-4-8-10-6-2-1-3-7-10/h1-7H,8-9H2,(H3,12,13,14). The van der Waals surface area contributed by atoms with Gasteiger partial charge in [0.1, 0.15) is 0 Å².